The summed E-state index contributed by atoms with van der Waals surface area (Å²) in [5.41, 5.74) is 1.10. The van der Waals surface area contributed by atoms with E-state index in [0.29, 0.717) is 6.54 Å². The molecule has 0 bridgehead atoms. The van der Waals surface area contributed by atoms with Gasteiger partial charge in [0.1, 0.15) is 5.82 Å². The molecular weight excluding hydrogens is 235 g/mol. The van der Waals surface area contributed by atoms with Crippen molar-refractivity contribution in [2.45, 2.75) is 20.0 Å². The molecule has 1 N–H and O–H groups in total. The lowest BCUT2D eigenvalue weighted by molar-refractivity contribution is 0.0950. The van der Waals surface area contributed by atoms with E-state index in [4.69, 9.17) is 0 Å². The van der Waals surface area contributed by atoms with Gasteiger partial charge in [-0.25, -0.2) is 4.39 Å². The topological polar surface area (TPSA) is 59.8 Å². The first-order valence-electron chi connectivity index (χ1n) is 5.59. The van der Waals surface area contributed by atoms with Crippen molar-refractivity contribution in [3.63, 3.8) is 0 Å². The van der Waals surface area contributed by atoms with Gasteiger partial charge in [-0.3, -0.25) is 14.5 Å². The van der Waals surface area contributed by atoms with E-state index in [-0.39, 0.29) is 11.5 Å². The van der Waals surface area contributed by atoms with Crippen LogP contribution in [0.4, 0.5) is 4.39 Å². The Morgan fingerprint density at radius 1 is 1.44 bits per heavy atom. The largest absolute Gasteiger partial charge is 0.348 e. The molecule has 0 saturated heterocycles. The predicted molar refractivity (Wildman–Crippen MR) is 63.3 cm³/mol. The quantitative estimate of drug-likeness (QED) is 0.888. The minimum Gasteiger partial charge on any atom is -0.348 e. The van der Waals surface area contributed by atoms with Gasteiger partial charge in [0, 0.05) is 31.0 Å². The molecule has 1 amide bonds. The third-order valence-corrected chi connectivity index (χ3v) is 2.43. The first-order valence-corrected chi connectivity index (χ1v) is 5.59. The van der Waals surface area contributed by atoms with Crippen molar-refractivity contribution in [2.75, 3.05) is 0 Å². The van der Waals surface area contributed by atoms with Crippen LogP contribution in [-0.4, -0.2) is 20.7 Å². The average molecular weight is 248 g/mol. The summed E-state index contributed by atoms with van der Waals surface area (Å²) in [6, 6.07) is 1.15. The van der Waals surface area contributed by atoms with E-state index >= 15 is 0 Å². The van der Waals surface area contributed by atoms with Crippen LogP contribution in [0.25, 0.3) is 0 Å². The number of aryl methyl sites for hydroxylation is 1. The Kier molecular flexibility index (Phi) is 3.66. The minimum absolute atomic E-state index is 0.206. The zero-order valence-electron chi connectivity index (χ0n) is 9.93. The van der Waals surface area contributed by atoms with Crippen molar-refractivity contribution in [1.29, 1.82) is 0 Å². The van der Waals surface area contributed by atoms with Gasteiger partial charge >= 0.3 is 0 Å². The molecule has 0 aromatic carbocycles. The maximum absolute atomic E-state index is 12.9. The van der Waals surface area contributed by atoms with Crippen molar-refractivity contribution in [2.24, 2.45) is 0 Å². The van der Waals surface area contributed by atoms with E-state index in [1.54, 1.807) is 10.9 Å². The highest BCUT2D eigenvalue weighted by Gasteiger charge is 2.07. The first kappa shape index (κ1) is 12.2. The second kappa shape index (κ2) is 5.39. The van der Waals surface area contributed by atoms with Crippen molar-refractivity contribution in [1.82, 2.24) is 20.1 Å². The van der Waals surface area contributed by atoms with Gasteiger partial charge in [0.25, 0.3) is 5.91 Å². The molecule has 0 spiro atoms. The number of hydrogen-bond donors (Lipinski definition) is 1. The molecule has 0 fully saturated rings. The summed E-state index contributed by atoms with van der Waals surface area (Å²) in [7, 11) is 0. The molecule has 0 aliphatic heterocycles. The maximum Gasteiger partial charge on any atom is 0.253 e. The van der Waals surface area contributed by atoms with Crippen LogP contribution in [0, 0.1) is 5.82 Å². The summed E-state index contributed by atoms with van der Waals surface area (Å²) in [6.07, 6.45) is 5.92. The molecule has 2 aromatic heterocycles. The molecule has 0 radical (unpaired) electrons. The minimum atomic E-state index is -0.526. The fourth-order valence-electron chi connectivity index (χ4n) is 1.49. The van der Waals surface area contributed by atoms with Crippen LogP contribution < -0.4 is 5.32 Å². The summed E-state index contributed by atoms with van der Waals surface area (Å²) in [6.45, 7) is 3.12. The molecule has 0 aliphatic carbocycles. The number of carbonyl (C=O) groups excluding carboxylic acids is 1. The molecule has 5 nitrogen and oxygen atoms in total. The second-order valence-electron chi connectivity index (χ2n) is 3.78. The van der Waals surface area contributed by atoms with Crippen LogP contribution in [-0.2, 0) is 13.1 Å². The molecule has 0 saturated carbocycles. The van der Waals surface area contributed by atoms with Crippen molar-refractivity contribution >= 4 is 5.91 Å². The fraction of sp³-hybridized carbons (Fsp3) is 0.250. The van der Waals surface area contributed by atoms with E-state index in [0.717, 1.165) is 24.4 Å². The monoisotopic (exact) mass is 248 g/mol. The molecule has 18 heavy (non-hydrogen) atoms. The third-order valence-electron chi connectivity index (χ3n) is 2.43. The number of rotatable bonds is 4. The van der Waals surface area contributed by atoms with E-state index in [9.17, 15) is 9.18 Å². The summed E-state index contributed by atoms with van der Waals surface area (Å²) in [5.74, 6) is -0.882. The number of halogens is 1. The molecule has 0 unspecified atom stereocenters. The highest BCUT2D eigenvalue weighted by molar-refractivity contribution is 5.93. The van der Waals surface area contributed by atoms with Crippen molar-refractivity contribution in [3.05, 3.63) is 47.8 Å². The van der Waals surface area contributed by atoms with Gasteiger partial charge in [0.15, 0.2) is 0 Å². The average Bonchev–Trinajstić information content (AvgIpc) is 2.84. The molecule has 0 atom stereocenters. The van der Waals surface area contributed by atoms with Crippen LogP contribution in [0.5, 0.6) is 0 Å². The Morgan fingerprint density at radius 2 is 2.28 bits per heavy atom. The molecule has 0 aliphatic rings. The number of nitrogens with one attached hydrogen (secondary N) is 1. The molecule has 94 valence electrons. The molecule has 2 heterocycles. The van der Waals surface area contributed by atoms with Gasteiger partial charge in [-0.05, 0) is 13.0 Å². The van der Waals surface area contributed by atoms with Gasteiger partial charge in [-0.15, -0.1) is 0 Å². The Hall–Kier alpha value is -2.24. The number of hydrogen-bond acceptors (Lipinski definition) is 3. The van der Waals surface area contributed by atoms with Crippen molar-refractivity contribution < 1.29 is 9.18 Å². The van der Waals surface area contributed by atoms with Crippen LogP contribution in [0.15, 0.2) is 30.9 Å². The van der Waals surface area contributed by atoms with Crippen molar-refractivity contribution in [3.8, 4) is 0 Å². The van der Waals surface area contributed by atoms with Crippen LogP contribution in [0.3, 0.4) is 0 Å². The Morgan fingerprint density at radius 3 is 2.94 bits per heavy atom. The lowest BCUT2D eigenvalue weighted by Gasteiger charge is -2.03. The van der Waals surface area contributed by atoms with Gasteiger partial charge < -0.3 is 5.32 Å². The predicted octanol–water partition coefficient (Wildman–Crippen LogP) is 1.37. The van der Waals surface area contributed by atoms with E-state index in [1.807, 2.05) is 13.1 Å². The number of amides is 1. The lowest BCUT2D eigenvalue weighted by atomic mass is 10.2. The lowest BCUT2D eigenvalue weighted by Crippen LogP contribution is -2.22. The Balaban J connectivity index is 1.96. The van der Waals surface area contributed by atoms with Gasteiger partial charge in [-0.1, -0.05) is 0 Å². The zero-order chi connectivity index (χ0) is 13.0. The summed E-state index contributed by atoms with van der Waals surface area (Å²) in [5, 5.41) is 6.77. The maximum atomic E-state index is 12.9. The summed E-state index contributed by atoms with van der Waals surface area (Å²) in [4.78, 5) is 15.3. The van der Waals surface area contributed by atoms with Gasteiger partial charge in [0.2, 0.25) is 0 Å². The fourth-order valence-corrected chi connectivity index (χ4v) is 1.49. The van der Waals surface area contributed by atoms with E-state index in [1.165, 1.54) is 6.20 Å². The molecular formula is C12H13FN4O. The SMILES string of the molecule is CCn1cc(CNC(=O)c2cncc(F)c2)cn1. The van der Waals surface area contributed by atoms with Gasteiger partial charge in [0.05, 0.1) is 18.0 Å². The highest BCUT2D eigenvalue weighted by Crippen LogP contribution is 2.02. The summed E-state index contributed by atoms with van der Waals surface area (Å²) < 4.78 is 14.7. The zero-order valence-corrected chi connectivity index (χ0v) is 9.93. The number of pyridine rings is 1. The molecule has 2 rings (SSSR count). The Labute approximate surface area is 104 Å². The third kappa shape index (κ3) is 2.91. The number of nitrogens with zero attached hydrogens (tertiary/aromatic N) is 3. The summed E-state index contributed by atoms with van der Waals surface area (Å²) >= 11 is 0. The number of carbonyl (C=O) groups is 1. The van der Waals surface area contributed by atoms with E-state index in [2.05, 4.69) is 15.4 Å². The Bertz CT molecular complexity index is 553. The van der Waals surface area contributed by atoms with Gasteiger partial charge in [-0.2, -0.15) is 5.10 Å². The van der Waals surface area contributed by atoms with Crippen LogP contribution in [0.2, 0.25) is 0 Å². The second-order valence-corrected chi connectivity index (χ2v) is 3.78. The van der Waals surface area contributed by atoms with E-state index < -0.39 is 5.82 Å². The smallest absolute Gasteiger partial charge is 0.253 e. The first-order chi connectivity index (χ1) is 8.69. The van der Waals surface area contributed by atoms with Crippen LogP contribution in [0.1, 0.15) is 22.8 Å². The molecule has 6 heteroatoms. The normalized spacial score (nSPS) is 10.3. The standard InChI is InChI=1S/C12H13FN4O/c1-2-17-8-9(5-16-17)4-15-12(18)10-3-11(13)7-14-6-10/h3,5-8H,2,4H2,1H3,(H,15,18). The van der Waals surface area contributed by atoms with Crippen LogP contribution >= 0.6 is 0 Å². The molecule has 2 aromatic rings. The number of aromatic nitrogens is 3. The highest BCUT2D eigenvalue weighted by atomic mass is 19.1.